The van der Waals surface area contributed by atoms with E-state index in [0.29, 0.717) is 13.2 Å². The minimum Gasteiger partial charge on any atom is -0.479 e. The largest absolute Gasteiger partial charge is 0.479 e. The summed E-state index contributed by atoms with van der Waals surface area (Å²) in [6, 6.07) is 3.19. The number of pyridine rings is 1. The third-order valence-corrected chi connectivity index (χ3v) is 3.27. The molecule has 1 aromatic rings. The van der Waals surface area contributed by atoms with E-state index >= 15 is 0 Å². The van der Waals surface area contributed by atoms with Gasteiger partial charge in [0.15, 0.2) is 5.54 Å². The van der Waals surface area contributed by atoms with Crippen molar-refractivity contribution < 1.29 is 19.4 Å². The Bertz CT molecular complexity index is 486. The lowest BCUT2D eigenvalue weighted by molar-refractivity contribution is -0.144. The Morgan fingerprint density at radius 1 is 1.60 bits per heavy atom. The molecule has 1 aliphatic heterocycles. The standard InChI is InChI=1S/C13H17N3O4/c1-16(8-10-3-2-5-14-7-10)12(19)15-13(11(17)18)4-6-20-9-13/h2-3,5,7H,4,6,8-9H2,1H3,(H,15,19)(H,17,18). The second-order valence-electron chi connectivity index (χ2n) is 4.84. The second kappa shape index (κ2) is 5.87. The molecule has 0 bridgehead atoms. The quantitative estimate of drug-likeness (QED) is 0.835. The van der Waals surface area contributed by atoms with Gasteiger partial charge in [-0.15, -0.1) is 0 Å². The van der Waals surface area contributed by atoms with Crippen molar-refractivity contribution in [2.75, 3.05) is 20.3 Å². The van der Waals surface area contributed by atoms with E-state index in [0.717, 1.165) is 5.56 Å². The number of carbonyl (C=O) groups is 2. The Labute approximate surface area is 116 Å². The van der Waals surface area contributed by atoms with Crippen molar-refractivity contribution >= 4 is 12.0 Å². The molecule has 1 atom stereocenters. The first kappa shape index (κ1) is 14.3. The predicted molar refractivity (Wildman–Crippen MR) is 70.0 cm³/mol. The normalized spacial score (nSPS) is 21.4. The minimum atomic E-state index is -1.32. The van der Waals surface area contributed by atoms with Gasteiger partial charge in [-0.05, 0) is 11.6 Å². The van der Waals surface area contributed by atoms with Crippen molar-refractivity contribution in [1.82, 2.24) is 15.2 Å². The van der Waals surface area contributed by atoms with Gasteiger partial charge in [0.2, 0.25) is 0 Å². The Kier molecular flexibility index (Phi) is 4.19. The molecule has 0 aliphatic carbocycles. The van der Waals surface area contributed by atoms with E-state index in [4.69, 9.17) is 4.74 Å². The number of carboxylic acids is 1. The lowest BCUT2D eigenvalue weighted by Gasteiger charge is -2.27. The molecule has 1 fully saturated rings. The van der Waals surface area contributed by atoms with Crippen LogP contribution in [-0.2, 0) is 16.1 Å². The molecule has 1 aliphatic rings. The van der Waals surface area contributed by atoms with Gasteiger partial charge >= 0.3 is 12.0 Å². The fourth-order valence-electron chi connectivity index (χ4n) is 2.02. The third kappa shape index (κ3) is 3.05. The number of amides is 2. The van der Waals surface area contributed by atoms with Gasteiger partial charge in [-0.3, -0.25) is 4.98 Å². The summed E-state index contributed by atoms with van der Waals surface area (Å²) in [6.07, 6.45) is 3.59. The number of aromatic nitrogens is 1. The van der Waals surface area contributed by atoms with E-state index in [9.17, 15) is 14.7 Å². The van der Waals surface area contributed by atoms with Crippen LogP contribution in [0.4, 0.5) is 4.79 Å². The van der Waals surface area contributed by atoms with Crippen LogP contribution in [0.2, 0.25) is 0 Å². The fraction of sp³-hybridized carbons (Fsp3) is 0.462. The van der Waals surface area contributed by atoms with Crippen LogP contribution < -0.4 is 5.32 Å². The maximum Gasteiger partial charge on any atom is 0.332 e. The maximum absolute atomic E-state index is 12.1. The zero-order chi connectivity index (χ0) is 14.6. The molecular formula is C13H17N3O4. The summed E-state index contributed by atoms with van der Waals surface area (Å²) >= 11 is 0. The number of aliphatic carboxylic acids is 1. The lowest BCUT2D eigenvalue weighted by atomic mass is 9.99. The first-order valence-corrected chi connectivity index (χ1v) is 6.27. The van der Waals surface area contributed by atoms with Crippen molar-refractivity contribution in [1.29, 1.82) is 0 Å². The van der Waals surface area contributed by atoms with E-state index in [1.807, 2.05) is 6.07 Å². The molecule has 7 nitrogen and oxygen atoms in total. The van der Waals surface area contributed by atoms with Gasteiger partial charge < -0.3 is 20.1 Å². The highest BCUT2D eigenvalue weighted by atomic mass is 16.5. The van der Waals surface area contributed by atoms with Crippen LogP contribution >= 0.6 is 0 Å². The molecule has 1 unspecified atom stereocenters. The molecule has 0 spiro atoms. The van der Waals surface area contributed by atoms with Crippen molar-refractivity contribution in [3.63, 3.8) is 0 Å². The second-order valence-corrected chi connectivity index (χ2v) is 4.84. The van der Waals surface area contributed by atoms with Gasteiger partial charge in [0.1, 0.15) is 0 Å². The number of nitrogens with zero attached hydrogens (tertiary/aromatic N) is 2. The average molecular weight is 279 g/mol. The van der Waals surface area contributed by atoms with E-state index in [2.05, 4.69) is 10.3 Å². The van der Waals surface area contributed by atoms with E-state index < -0.39 is 17.5 Å². The molecule has 7 heteroatoms. The number of hydrogen-bond acceptors (Lipinski definition) is 4. The molecule has 1 aromatic heterocycles. The lowest BCUT2D eigenvalue weighted by Crippen LogP contribution is -2.57. The maximum atomic E-state index is 12.1. The molecular weight excluding hydrogens is 262 g/mol. The summed E-state index contributed by atoms with van der Waals surface area (Å²) in [5.41, 5.74) is -0.447. The van der Waals surface area contributed by atoms with Crippen LogP contribution in [0.15, 0.2) is 24.5 Å². The zero-order valence-corrected chi connectivity index (χ0v) is 11.2. The summed E-state index contributed by atoms with van der Waals surface area (Å²) in [6.45, 7) is 0.684. The molecule has 20 heavy (non-hydrogen) atoms. The number of carbonyl (C=O) groups excluding carboxylic acids is 1. The van der Waals surface area contributed by atoms with Gasteiger partial charge in [-0.2, -0.15) is 0 Å². The summed E-state index contributed by atoms with van der Waals surface area (Å²) in [5.74, 6) is -1.07. The minimum absolute atomic E-state index is 0.00515. The number of hydrogen-bond donors (Lipinski definition) is 2. The molecule has 0 aromatic carbocycles. The highest BCUT2D eigenvalue weighted by Crippen LogP contribution is 2.19. The predicted octanol–water partition coefficient (Wildman–Crippen LogP) is 0.467. The summed E-state index contributed by atoms with van der Waals surface area (Å²) in [4.78, 5) is 28.8. The third-order valence-electron chi connectivity index (χ3n) is 3.27. The summed E-state index contributed by atoms with van der Waals surface area (Å²) in [5, 5.41) is 11.8. The topological polar surface area (TPSA) is 91.8 Å². The molecule has 108 valence electrons. The molecule has 0 saturated carbocycles. The van der Waals surface area contributed by atoms with E-state index in [-0.39, 0.29) is 13.0 Å². The van der Waals surface area contributed by atoms with Gasteiger partial charge in [-0.25, -0.2) is 9.59 Å². The van der Waals surface area contributed by atoms with E-state index in [1.54, 1.807) is 25.5 Å². The Balaban J connectivity index is 1.98. The summed E-state index contributed by atoms with van der Waals surface area (Å²) < 4.78 is 5.10. The van der Waals surface area contributed by atoms with Crippen LogP contribution in [-0.4, -0.2) is 52.8 Å². The number of ether oxygens (including phenoxy) is 1. The van der Waals surface area contributed by atoms with Crippen LogP contribution in [0.25, 0.3) is 0 Å². The monoisotopic (exact) mass is 279 g/mol. The number of urea groups is 1. The molecule has 0 radical (unpaired) electrons. The van der Waals surface area contributed by atoms with Gasteiger partial charge in [0, 0.05) is 39.0 Å². The van der Waals surface area contributed by atoms with Gasteiger partial charge in [-0.1, -0.05) is 6.07 Å². The highest BCUT2D eigenvalue weighted by Gasteiger charge is 2.44. The first-order valence-electron chi connectivity index (χ1n) is 6.27. The van der Waals surface area contributed by atoms with Crippen LogP contribution in [0.5, 0.6) is 0 Å². The number of carboxylic acid groups (broad SMARTS) is 1. The fourth-order valence-corrected chi connectivity index (χ4v) is 2.02. The van der Waals surface area contributed by atoms with E-state index in [1.165, 1.54) is 4.90 Å². The molecule has 2 N–H and O–H groups in total. The smallest absolute Gasteiger partial charge is 0.332 e. The van der Waals surface area contributed by atoms with Crippen molar-refractivity contribution in [3.8, 4) is 0 Å². The summed E-state index contributed by atoms with van der Waals surface area (Å²) in [7, 11) is 1.60. The van der Waals surface area contributed by atoms with Crippen LogP contribution in [0, 0.1) is 0 Å². The van der Waals surface area contributed by atoms with Gasteiger partial charge in [0.25, 0.3) is 0 Å². The van der Waals surface area contributed by atoms with Crippen LogP contribution in [0.1, 0.15) is 12.0 Å². The zero-order valence-electron chi connectivity index (χ0n) is 11.2. The SMILES string of the molecule is CN(Cc1cccnc1)C(=O)NC1(C(=O)O)CCOC1. The molecule has 2 amide bonds. The first-order chi connectivity index (χ1) is 9.53. The Morgan fingerprint density at radius 3 is 2.95 bits per heavy atom. The molecule has 1 saturated heterocycles. The van der Waals surface area contributed by atoms with Crippen molar-refractivity contribution in [2.45, 2.75) is 18.5 Å². The van der Waals surface area contributed by atoms with Crippen molar-refractivity contribution in [3.05, 3.63) is 30.1 Å². The highest BCUT2D eigenvalue weighted by molar-refractivity contribution is 5.86. The average Bonchev–Trinajstić information content (AvgIpc) is 2.89. The molecule has 2 rings (SSSR count). The Hall–Kier alpha value is -2.15. The van der Waals surface area contributed by atoms with Crippen LogP contribution in [0.3, 0.4) is 0 Å². The number of nitrogens with one attached hydrogen (secondary N) is 1. The molecule has 2 heterocycles. The van der Waals surface area contributed by atoms with Crippen molar-refractivity contribution in [2.24, 2.45) is 0 Å². The number of rotatable bonds is 4. The van der Waals surface area contributed by atoms with Gasteiger partial charge in [0.05, 0.1) is 6.61 Å². The Morgan fingerprint density at radius 2 is 2.40 bits per heavy atom.